The number of sulfonamides is 1. The van der Waals surface area contributed by atoms with Crippen LogP contribution in [0.15, 0.2) is 47.4 Å². The number of carbonyl (C=O) groups excluding carboxylic acids is 1. The number of carbonyl (C=O) groups is 1. The molecule has 1 amide bonds. The summed E-state index contributed by atoms with van der Waals surface area (Å²) in [6.07, 6.45) is 0.169. The minimum absolute atomic E-state index is 0.0742. The molecule has 1 aliphatic heterocycles. The van der Waals surface area contributed by atoms with E-state index in [9.17, 15) is 13.2 Å². The standard InChI is InChI=1S/C15H11N3O3S/c16-9-10-2-1-3-12(6-10)18-22(20,21)13-4-5-14-11(7-13)8-15(19)17-14/h1-7,18H,8H2,(H,17,19). The van der Waals surface area contributed by atoms with E-state index in [1.165, 1.54) is 18.2 Å². The molecule has 0 saturated carbocycles. The topological polar surface area (TPSA) is 99.1 Å². The SMILES string of the molecule is N#Cc1cccc(NS(=O)(=O)c2ccc3c(c2)CC(=O)N3)c1. The van der Waals surface area contributed by atoms with Gasteiger partial charge in [0.1, 0.15) is 0 Å². The van der Waals surface area contributed by atoms with Crippen molar-refractivity contribution in [3.63, 3.8) is 0 Å². The molecule has 0 fully saturated rings. The van der Waals surface area contributed by atoms with Crippen molar-refractivity contribution in [2.75, 3.05) is 10.0 Å². The third kappa shape index (κ3) is 2.64. The summed E-state index contributed by atoms with van der Waals surface area (Å²) < 4.78 is 27.2. The molecule has 3 rings (SSSR count). The van der Waals surface area contributed by atoms with Crippen LogP contribution in [0.25, 0.3) is 0 Å². The van der Waals surface area contributed by atoms with Crippen LogP contribution >= 0.6 is 0 Å². The molecule has 0 atom stereocenters. The summed E-state index contributed by atoms with van der Waals surface area (Å²) in [6.45, 7) is 0. The second-order valence-corrected chi connectivity index (χ2v) is 6.52. The summed E-state index contributed by atoms with van der Waals surface area (Å²) in [6, 6.07) is 12.6. The number of nitriles is 1. The van der Waals surface area contributed by atoms with Crippen LogP contribution in [-0.2, 0) is 21.2 Å². The van der Waals surface area contributed by atoms with E-state index in [0.717, 1.165) is 0 Å². The van der Waals surface area contributed by atoms with Gasteiger partial charge in [0, 0.05) is 5.69 Å². The maximum atomic E-state index is 12.4. The van der Waals surface area contributed by atoms with Crippen LogP contribution in [0.3, 0.4) is 0 Å². The molecule has 110 valence electrons. The number of hydrogen-bond acceptors (Lipinski definition) is 4. The maximum absolute atomic E-state index is 12.4. The van der Waals surface area contributed by atoms with Gasteiger partial charge in [-0.3, -0.25) is 9.52 Å². The van der Waals surface area contributed by atoms with Crippen LogP contribution in [0.5, 0.6) is 0 Å². The summed E-state index contributed by atoms with van der Waals surface area (Å²) in [4.78, 5) is 11.4. The van der Waals surface area contributed by atoms with Crippen LogP contribution in [0.1, 0.15) is 11.1 Å². The van der Waals surface area contributed by atoms with E-state index in [0.29, 0.717) is 22.5 Å². The van der Waals surface area contributed by atoms with Gasteiger partial charge in [-0.05, 0) is 42.0 Å². The molecule has 0 bridgehead atoms. The Morgan fingerprint density at radius 2 is 2.00 bits per heavy atom. The molecule has 22 heavy (non-hydrogen) atoms. The van der Waals surface area contributed by atoms with E-state index in [1.54, 1.807) is 24.3 Å². The van der Waals surface area contributed by atoms with Crippen molar-refractivity contribution in [2.24, 2.45) is 0 Å². The Hall–Kier alpha value is -2.85. The molecular formula is C15H11N3O3S. The third-order valence-electron chi connectivity index (χ3n) is 3.26. The highest BCUT2D eigenvalue weighted by molar-refractivity contribution is 7.92. The minimum atomic E-state index is -3.78. The lowest BCUT2D eigenvalue weighted by Gasteiger charge is -2.09. The van der Waals surface area contributed by atoms with Gasteiger partial charge in [-0.1, -0.05) is 6.07 Å². The second kappa shape index (κ2) is 5.16. The Morgan fingerprint density at radius 1 is 1.18 bits per heavy atom. The predicted octanol–water partition coefficient (Wildman–Crippen LogP) is 1.85. The first-order valence-electron chi connectivity index (χ1n) is 6.44. The molecule has 2 N–H and O–H groups in total. The quantitative estimate of drug-likeness (QED) is 0.903. The van der Waals surface area contributed by atoms with E-state index in [2.05, 4.69) is 10.0 Å². The van der Waals surface area contributed by atoms with Gasteiger partial charge in [-0.25, -0.2) is 8.42 Å². The zero-order chi connectivity index (χ0) is 15.7. The fourth-order valence-corrected chi connectivity index (χ4v) is 3.34. The Balaban J connectivity index is 1.92. The van der Waals surface area contributed by atoms with E-state index in [4.69, 9.17) is 5.26 Å². The predicted molar refractivity (Wildman–Crippen MR) is 80.7 cm³/mol. The molecule has 6 nitrogen and oxygen atoms in total. The number of nitrogens with zero attached hydrogens (tertiary/aromatic N) is 1. The van der Waals surface area contributed by atoms with E-state index in [1.807, 2.05) is 6.07 Å². The number of benzene rings is 2. The summed E-state index contributed by atoms with van der Waals surface area (Å²) in [5, 5.41) is 11.5. The lowest BCUT2D eigenvalue weighted by atomic mass is 10.2. The van der Waals surface area contributed by atoms with Crippen LogP contribution in [0, 0.1) is 11.3 Å². The first kappa shape index (κ1) is 14.1. The summed E-state index contributed by atoms with van der Waals surface area (Å²) in [5.74, 6) is -0.153. The highest BCUT2D eigenvalue weighted by atomic mass is 32.2. The average molecular weight is 313 g/mol. The third-order valence-corrected chi connectivity index (χ3v) is 4.63. The fraction of sp³-hybridized carbons (Fsp3) is 0.0667. The van der Waals surface area contributed by atoms with Crippen LogP contribution in [0.4, 0.5) is 11.4 Å². The van der Waals surface area contributed by atoms with Gasteiger partial charge in [-0.2, -0.15) is 5.26 Å². The van der Waals surface area contributed by atoms with Gasteiger partial charge in [0.15, 0.2) is 0 Å². The van der Waals surface area contributed by atoms with Gasteiger partial charge in [0.25, 0.3) is 10.0 Å². The van der Waals surface area contributed by atoms with Gasteiger partial charge in [-0.15, -0.1) is 0 Å². The number of nitrogens with one attached hydrogen (secondary N) is 2. The Bertz CT molecular complexity index is 914. The number of fused-ring (bicyclic) bond motifs is 1. The van der Waals surface area contributed by atoms with Crippen molar-refractivity contribution in [1.82, 2.24) is 0 Å². The number of hydrogen-bond donors (Lipinski definition) is 2. The van der Waals surface area contributed by atoms with Gasteiger partial charge < -0.3 is 5.32 Å². The maximum Gasteiger partial charge on any atom is 0.261 e. The van der Waals surface area contributed by atoms with Crippen molar-refractivity contribution < 1.29 is 13.2 Å². The van der Waals surface area contributed by atoms with Gasteiger partial charge >= 0.3 is 0 Å². The van der Waals surface area contributed by atoms with Gasteiger partial charge in [0.05, 0.1) is 28.6 Å². The minimum Gasteiger partial charge on any atom is -0.326 e. The second-order valence-electron chi connectivity index (χ2n) is 4.84. The molecule has 0 saturated heterocycles. The highest BCUT2D eigenvalue weighted by Crippen LogP contribution is 2.26. The molecule has 0 radical (unpaired) electrons. The zero-order valence-electron chi connectivity index (χ0n) is 11.3. The molecule has 0 aliphatic carbocycles. The molecule has 0 spiro atoms. The van der Waals surface area contributed by atoms with Crippen molar-refractivity contribution in [1.29, 1.82) is 5.26 Å². The summed E-state index contributed by atoms with van der Waals surface area (Å²) >= 11 is 0. The molecule has 1 aliphatic rings. The van der Waals surface area contributed by atoms with Crippen LogP contribution < -0.4 is 10.0 Å². The molecule has 0 unspecified atom stereocenters. The molecule has 2 aromatic carbocycles. The monoisotopic (exact) mass is 313 g/mol. The number of amides is 1. The van der Waals surface area contributed by atoms with Crippen LogP contribution in [0.2, 0.25) is 0 Å². The smallest absolute Gasteiger partial charge is 0.261 e. The van der Waals surface area contributed by atoms with Gasteiger partial charge in [0.2, 0.25) is 5.91 Å². The number of anilines is 2. The Morgan fingerprint density at radius 3 is 2.77 bits per heavy atom. The largest absolute Gasteiger partial charge is 0.326 e. The normalized spacial score (nSPS) is 13.1. The van der Waals surface area contributed by atoms with E-state index in [-0.39, 0.29) is 17.2 Å². The molecule has 0 aromatic heterocycles. The zero-order valence-corrected chi connectivity index (χ0v) is 12.1. The Labute approximate surface area is 127 Å². The van der Waals surface area contributed by atoms with Crippen LogP contribution in [-0.4, -0.2) is 14.3 Å². The first-order valence-corrected chi connectivity index (χ1v) is 7.92. The molecular weight excluding hydrogens is 302 g/mol. The van der Waals surface area contributed by atoms with Crippen molar-refractivity contribution in [3.8, 4) is 6.07 Å². The van der Waals surface area contributed by atoms with E-state index < -0.39 is 10.0 Å². The summed E-state index contributed by atoms with van der Waals surface area (Å²) in [7, 11) is -3.78. The lowest BCUT2D eigenvalue weighted by Crippen LogP contribution is -2.13. The highest BCUT2D eigenvalue weighted by Gasteiger charge is 2.21. The van der Waals surface area contributed by atoms with Crippen molar-refractivity contribution in [3.05, 3.63) is 53.6 Å². The fourth-order valence-electron chi connectivity index (χ4n) is 2.24. The van der Waals surface area contributed by atoms with Crippen molar-refractivity contribution in [2.45, 2.75) is 11.3 Å². The van der Waals surface area contributed by atoms with E-state index >= 15 is 0 Å². The lowest BCUT2D eigenvalue weighted by molar-refractivity contribution is -0.115. The molecule has 1 heterocycles. The van der Waals surface area contributed by atoms with Crippen molar-refractivity contribution >= 4 is 27.3 Å². The first-order chi connectivity index (χ1) is 10.5. The summed E-state index contributed by atoms with van der Waals surface area (Å²) in [5.41, 5.74) is 1.96. The molecule has 7 heteroatoms. The Kier molecular flexibility index (Phi) is 3.31. The molecule has 2 aromatic rings. The number of rotatable bonds is 3. The average Bonchev–Trinajstić information content (AvgIpc) is 2.86.